The average molecular weight is 259 g/mol. The average Bonchev–Trinajstić information content (AvgIpc) is 2.40. The van der Waals surface area contributed by atoms with Crippen LogP contribution < -0.4 is 5.32 Å². The van der Waals surface area contributed by atoms with E-state index in [2.05, 4.69) is 12.2 Å². The van der Waals surface area contributed by atoms with Crippen molar-refractivity contribution in [3.63, 3.8) is 0 Å². The van der Waals surface area contributed by atoms with Crippen LogP contribution in [-0.2, 0) is 0 Å². The van der Waals surface area contributed by atoms with Crippen molar-refractivity contribution in [2.75, 3.05) is 5.32 Å². The predicted octanol–water partition coefficient (Wildman–Crippen LogP) is 3.46. The molecule has 0 bridgehead atoms. The van der Waals surface area contributed by atoms with E-state index in [0.717, 1.165) is 19.3 Å². The van der Waals surface area contributed by atoms with Gasteiger partial charge >= 0.3 is 5.69 Å². The summed E-state index contributed by atoms with van der Waals surface area (Å²) in [7, 11) is 0. The largest absolute Gasteiger partial charge is 0.376 e. The van der Waals surface area contributed by atoms with E-state index in [4.69, 9.17) is 5.26 Å². The minimum atomic E-state index is -0.478. The van der Waals surface area contributed by atoms with Crippen LogP contribution >= 0.6 is 0 Å². The molecule has 1 aromatic rings. The van der Waals surface area contributed by atoms with Gasteiger partial charge in [0.25, 0.3) is 0 Å². The van der Waals surface area contributed by atoms with Crippen LogP contribution in [0.25, 0.3) is 0 Å². The molecule has 0 radical (unpaired) electrons. The normalized spacial score (nSPS) is 22.5. The molecule has 1 aliphatic carbocycles. The lowest BCUT2D eigenvalue weighted by molar-refractivity contribution is -0.384. The second kappa shape index (κ2) is 5.70. The molecule has 100 valence electrons. The molecule has 1 N–H and O–H groups in total. The van der Waals surface area contributed by atoms with Gasteiger partial charge in [0, 0.05) is 6.04 Å². The highest BCUT2D eigenvalue weighted by molar-refractivity contribution is 5.68. The third-order valence-electron chi connectivity index (χ3n) is 3.79. The molecule has 1 fully saturated rings. The summed E-state index contributed by atoms with van der Waals surface area (Å²) in [6.07, 6.45) is 4.53. The maximum absolute atomic E-state index is 11.1. The minimum Gasteiger partial charge on any atom is -0.376 e. The van der Waals surface area contributed by atoms with Crippen molar-refractivity contribution in [3.05, 3.63) is 33.9 Å². The summed E-state index contributed by atoms with van der Waals surface area (Å²) in [6.45, 7) is 2.16. The number of nitrogens with one attached hydrogen (secondary N) is 1. The van der Waals surface area contributed by atoms with Gasteiger partial charge in [-0.25, -0.2) is 0 Å². The van der Waals surface area contributed by atoms with Crippen molar-refractivity contribution in [3.8, 4) is 6.07 Å². The molecule has 2 atom stereocenters. The number of nitriles is 1. The van der Waals surface area contributed by atoms with Crippen LogP contribution in [0.5, 0.6) is 0 Å². The Morgan fingerprint density at radius 1 is 1.42 bits per heavy atom. The van der Waals surface area contributed by atoms with Crippen LogP contribution in [0.3, 0.4) is 0 Å². The molecule has 0 aliphatic heterocycles. The summed E-state index contributed by atoms with van der Waals surface area (Å²) in [4.78, 5) is 10.7. The Balaban J connectivity index is 2.29. The molecule has 5 heteroatoms. The van der Waals surface area contributed by atoms with E-state index in [-0.39, 0.29) is 17.3 Å². The Morgan fingerprint density at radius 3 is 2.79 bits per heavy atom. The number of hydrogen-bond donors (Lipinski definition) is 1. The fraction of sp³-hybridized carbons (Fsp3) is 0.500. The SMILES string of the molecule is CC1CCCCC1Nc1cccc(C#N)c1[N+](=O)[O-]. The summed E-state index contributed by atoms with van der Waals surface area (Å²) in [5.74, 6) is 0.499. The molecule has 19 heavy (non-hydrogen) atoms. The van der Waals surface area contributed by atoms with Gasteiger partial charge in [0.1, 0.15) is 17.3 Å². The Kier molecular flexibility index (Phi) is 4.00. The molecule has 2 rings (SSSR count). The number of benzene rings is 1. The van der Waals surface area contributed by atoms with E-state index in [1.807, 2.05) is 6.07 Å². The summed E-state index contributed by atoms with van der Waals surface area (Å²) in [5, 5.41) is 23.4. The fourth-order valence-electron chi connectivity index (χ4n) is 2.68. The zero-order chi connectivity index (χ0) is 13.8. The fourth-order valence-corrected chi connectivity index (χ4v) is 2.68. The van der Waals surface area contributed by atoms with Gasteiger partial charge in [0.2, 0.25) is 0 Å². The zero-order valence-corrected chi connectivity index (χ0v) is 10.9. The molecule has 0 heterocycles. The van der Waals surface area contributed by atoms with Crippen LogP contribution in [0.1, 0.15) is 38.2 Å². The molecule has 1 aromatic carbocycles. The second-order valence-corrected chi connectivity index (χ2v) is 5.08. The van der Waals surface area contributed by atoms with Crippen molar-refractivity contribution in [2.45, 2.75) is 38.6 Å². The molecule has 0 spiro atoms. The first-order chi connectivity index (χ1) is 9.13. The Hall–Kier alpha value is -2.09. The molecule has 5 nitrogen and oxygen atoms in total. The van der Waals surface area contributed by atoms with E-state index < -0.39 is 4.92 Å². The van der Waals surface area contributed by atoms with E-state index in [1.165, 1.54) is 12.5 Å². The van der Waals surface area contributed by atoms with Crippen molar-refractivity contribution in [1.82, 2.24) is 0 Å². The highest BCUT2D eigenvalue weighted by Crippen LogP contribution is 2.32. The summed E-state index contributed by atoms with van der Waals surface area (Å²) in [6, 6.07) is 6.98. The van der Waals surface area contributed by atoms with E-state index >= 15 is 0 Å². The monoisotopic (exact) mass is 259 g/mol. The number of nitro benzene ring substituents is 1. The molecular weight excluding hydrogens is 242 g/mol. The highest BCUT2D eigenvalue weighted by atomic mass is 16.6. The minimum absolute atomic E-state index is 0.109. The van der Waals surface area contributed by atoms with Gasteiger partial charge in [0.05, 0.1) is 4.92 Å². The van der Waals surface area contributed by atoms with Gasteiger partial charge in [-0.05, 0) is 30.9 Å². The van der Waals surface area contributed by atoms with Crippen molar-refractivity contribution in [1.29, 1.82) is 5.26 Å². The Labute approximate surface area is 112 Å². The number of anilines is 1. The van der Waals surface area contributed by atoms with Gasteiger partial charge in [-0.1, -0.05) is 25.8 Å². The van der Waals surface area contributed by atoms with E-state index in [1.54, 1.807) is 12.1 Å². The quantitative estimate of drug-likeness (QED) is 0.666. The molecule has 0 aromatic heterocycles. The zero-order valence-electron chi connectivity index (χ0n) is 10.9. The van der Waals surface area contributed by atoms with E-state index in [0.29, 0.717) is 11.6 Å². The van der Waals surface area contributed by atoms with Crippen molar-refractivity contribution >= 4 is 11.4 Å². The van der Waals surface area contributed by atoms with Crippen molar-refractivity contribution in [2.24, 2.45) is 5.92 Å². The lowest BCUT2D eigenvalue weighted by atomic mass is 9.86. The topological polar surface area (TPSA) is 79.0 Å². The first-order valence-electron chi connectivity index (χ1n) is 6.57. The first kappa shape index (κ1) is 13.3. The number of hydrogen-bond acceptors (Lipinski definition) is 4. The lowest BCUT2D eigenvalue weighted by Gasteiger charge is -2.30. The number of nitro groups is 1. The van der Waals surface area contributed by atoms with Crippen LogP contribution in [0, 0.1) is 27.4 Å². The summed E-state index contributed by atoms with van der Waals surface area (Å²) in [5.41, 5.74) is 0.462. The molecule has 0 amide bonds. The number of rotatable bonds is 3. The van der Waals surface area contributed by atoms with Crippen LogP contribution in [-0.4, -0.2) is 11.0 Å². The predicted molar refractivity (Wildman–Crippen MR) is 72.9 cm³/mol. The third kappa shape index (κ3) is 2.84. The first-order valence-corrected chi connectivity index (χ1v) is 6.57. The molecule has 1 saturated carbocycles. The molecule has 2 unspecified atom stereocenters. The van der Waals surface area contributed by atoms with Crippen LogP contribution in [0.4, 0.5) is 11.4 Å². The van der Waals surface area contributed by atoms with Gasteiger partial charge in [-0.3, -0.25) is 10.1 Å². The van der Waals surface area contributed by atoms with Crippen molar-refractivity contribution < 1.29 is 4.92 Å². The van der Waals surface area contributed by atoms with Gasteiger partial charge in [-0.15, -0.1) is 0 Å². The Morgan fingerprint density at radius 2 is 2.16 bits per heavy atom. The standard InChI is InChI=1S/C14H17N3O2/c1-10-5-2-3-7-12(10)16-13-8-4-6-11(9-15)14(13)17(18)19/h4,6,8,10,12,16H,2-3,5,7H2,1H3. The van der Waals surface area contributed by atoms with Crippen LogP contribution in [0.15, 0.2) is 18.2 Å². The number of para-hydroxylation sites is 1. The molecular formula is C14H17N3O2. The second-order valence-electron chi connectivity index (χ2n) is 5.08. The van der Waals surface area contributed by atoms with Gasteiger partial charge in [0.15, 0.2) is 0 Å². The summed E-state index contributed by atoms with van der Waals surface area (Å²) < 4.78 is 0. The maximum atomic E-state index is 11.1. The summed E-state index contributed by atoms with van der Waals surface area (Å²) >= 11 is 0. The molecule has 0 saturated heterocycles. The maximum Gasteiger partial charge on any atom is 0.309 e. The third-order valence-corrected chi connectivity index (χ3v) is 3.79. The van der Waals surface area contributed by atoms with E-state index in [9.17, 15) is 10.1 Å². The highest BCUT2D eigenvalue weighted by Gasteiger charge is 2.25. The van der Waals surface area contributed by atoms with Gasteiger partial charge < -0.3 is 5.32 Å². The smallest absolute Gasteiger partial charge is 0.309 e. The van der Waals surface area contributed by atoms with Gasteiger partial charge in [-0.2, -0.15) is 5.26 Å². The lowest BCUT2D eigenvalue weighted by Crippen LogP contribution is -2.30. The molecule has 1 aliphatic rings. The Bertz CT molecular complexity index is 522. The number of nitrogens with zero attached hydrogens (tertiary/aromatic N) is 2. The van der Waals surface area contributed by atoms with Crippen LogP contribution in [0.2, 0.25) is 0 Å².